The molecule has 11 heteroatoms. The monoisotopic (exact) mass is 559 g/mol. The number of likely N-dealkylation sites (N-methyl/N-ethyl adjacent to an activating group) is 1. The van der Waals surface area contributed by atoms with E-state index in [9.17, 15) is 14.3 Å². The van der Waals surface area contributed by atoms with Crippen molar-refractivity contribution in [3.8, 4) is 16.9 Å². The van der Waals surface area contributed by atoms with Crippen LogP contribution < -0.4 is 9.80 Å². The van der Waals surface area contributed by atoms with Gasteiger partial charge in [0.2, 0.25) is 11.9 Å². The highest BCUT2D eigenvalue weighted by Crippen LogP contribution is 2.43. The molecular formula is C28H31ClF2N6O2. The highest BCUT2D eigenvalue weighted by atomic mass is 35.5. The molecule has 1 amide bonds. The van der Waals surface area contributed by atoms with Crippen LogP contribution in [0.4, 0.5) is 20.5 Å². The number of halogens is 3. The van der Waals surface area contributed by atoms with Gasteiger partial charge >= 0.3 is 0 Å². The summed E-state index contributed by atoms with van der Waals surface area (Å²) in [5.74, 6) is -1.92. The van der Waals surface area contributed by atoms with Crippen molar-refractivity contribution in [1.29, 1.82) is 0 Å². The van der Waals surface area contributed by atoms with Gasteiger partial charge in [-0.25, -0.2) is 13.8 Å². The van der Waals surface area contributed by atoms with E-state index in [1.807, 2.05) is 18.7 Å². The van der Waals surface area contributed by atoms with Crippen molar-refractivity contribution in [2.75, 3.05) is 50.0 Å². The molecule has 3 heterocycles. The van der Waals surface area contributed by atoms with Crippen LogP contribution in [0.15, 0.2) is 36.9 Å². The Labute approximate surface area is 235 Å². The number of fused-ring (bicyclic) bond motifs is 1. The van der Waals surface area contributed by atoms with E-state index in [2.05, 4.69) is 11.6 Å². The van der Waals surface area contributed by atoms with Crippen LogP contribution in [0.25, 0.3) is 22.0 Å². The zero-order valence-corrected chi connectivity index (χ0v) is 22.6. The van der Waals surface area contributed by atoms with Gasteiger partial charge in [0, 0.05) is 59.4 Å². The Hall–Kier alpha value is -3.50. The normalized spacial score (nSPS) is 21.5. The fourth-order valence-corrected chi connectivity index (χ4v) is 5.51. The molecule has 2 aliphatic rings. The summed E-state index contributed by atoms with van der Waals surface area (Å²) in [6.07, 6.45) is 1.27. The molecule has 2 saturated heterocycles. The number of phenols is 1. The van der Waals surface area contributed by atoms with Gasteiger partial charge in [-0.3, -0.25) is 4.79 Å². The van der Waals surface area contributed by atoms with Gasteiger partial charge in [-0.1, -0.05) is 24.2 Å². The Morgan fingerprint density at radius 1 is 1.21 bits per heavy atom. The maximum Gasteiger partial charge on any atom is 0.246 e. The van der Waals surface area contributed by atoms with Gasteiger partial charge in [-0.15, -0.1) is 0 Å². The molecule has 5 rings (SSSR count). The van der Waals surface area contributed by atoms with Gasteiger partial charge in [0.25, 0.3) is 0 Å². The fraction of sp³-hybridized carbons (Fsp3) is 0.393. The van der Waals surface area contributed by atoms with Crippen molar-refractivity contribution in [3.63, 3.8) is 0 Å². The molecule has 0 radical (unpaired) electrons. The number of rotatable bonds is 5. The predicted octanol–water partition coefficient (Wildman–Crippen LogP) is 4.30. The highest BCUT2D eigenvalue weighted by molar-refractivity contribution is 6.34. The molecule has 206 valence electrons. The maximum absolute atomic E-state index is 16.4. The predicted molar refractivity (Wildman–Crippen MR) is 149 cm³/mol. The first-order valence-corrected chi connectivity index (χ1v) is 13.0. The van der Waals surface area contributed by atoms with Crippen molar-refractivity contribution in [2.45, 2.75) is 32.0 Å². The number of carbonyl (C=O) groups excluding carboxylic acids is 1. The maximum atomic E-state index is 16.4. The number of hydrogen-bond donors (Lipinski definition) is 1. The van der Waals surface area contributed by atoms with Crippen LogP contribution in [-0.2, 0) is 4.79 Å². The first-order valence-electron chi connectivity index (χ1n) is 14.1. The van der Waals surface area contributed by atoms with Crippen LogP contribution >= 0.6 is 11.6 Å². The molecule has 2 aliphatic heterocycles. The molecule has 1 aromatic heterocycles. The highest BCUT2D eigenvalue weighted by Gasteiger charge is 2.36. The summed E-state index contributed by atoms with van der Waals surface area (Å²) in [4.78, 5) is 28.4. The summed E-state index contributed by atoms with van der Waals surface area (Å²) in [6, 6.07) is 4.34. The largest absolute Gasteiger partial charge is 0.507 e. The third-order valence-electron chi connectivity index (χ3n) is 7.50. The van der Waals surface area contributed by atoms with Crippen LogP contribution in [0.3, 0.4) is 0 Å². The van der Waals surface area contributed by atoms with E-state index in [1.165, 1.54) is 36.2 Å². The lowest BCUT2D eigenvalue weighted by molar-refractivity contribution is -0.128. The van der Waals surface area contributed by atoms with E-state index >= 15 is 4.39 Å². The third kappa shape index (κ3) is 4.65. The van der Waals surface area contributed by atoms with Gasteiger partial charge in [0.1, 0.15) is 22.9 Å². The van der Waals surface area contributed by atoms with Gasteiger partial charge in [0.05, 0.1) is 10.6 Å². The average molecular weight is 560 g/mol. The number of phenolic OH excluding ortho intramolecular Hbond substituents is 1. The van der Waals surface area contributed by atoms with Gasteiger partial charge in [-0.2, -0.15) is 4.98 Å². The Morgan fingerprint density at radius 2 is 1.95 bits per heavy atom. The second-order valence-electron chi connectivity index (χ2n) is 10.1. The molecule has 1 N–H and O–H groups in total. The lowest BCUT2D eigenvalue weighted by Crippen LogP contribution is -2.59. The summed E-state index contributed by atoms with van der Waals surface area (Å²) in [6.45, 7) is 6.43. The number of amides is 1. The van der Waals surface area contributed by atoms with E-state index in [0.29, 0.717) is 32.0 Å². The molecule has 0 bridgehead atoms. The zero-order chi connectivity index (χ0) is 30.7. The Kier molecular flexibility index (Phi) is 6.14. The number of aromatic hydroxyl groups is 1. The van der Waals surface area contributed by atoms with Crippen LogP contribution in [0.5, 0.6) is 5.75 Å². The molecular weight excluding hydrogens is 526 g/mol. The van der Waals surface area contributed by atoms with Crippen molar-refractivity contribution in [1.82, 2.24) is 19.8 Å². The lowest BCUT2D eigenvalue weighted by Gasteiger charge is -2.45. The first kappa shape index (κ1) is 23.4. The second kappa shape index (κ2) is 10.2. The summed E-state index contributed by atoms with van der Waals surface area (Å²) in [5, 5.41) is 10.6. The van der Waals surface area contributed by atoms with E-state index in [-0.39, 0.29) is 57.0 Å². The quantitative estimate of drug-likeness (QED) is 0.467. The number of aromatic nitrogens is 2. The van der Waals surface area contributed by atoms with Crippen LogP contribution in [0.2, 0.25) is 5.02 Å². The Balaban J connectivity index is 1.65. The van der Waals surface area contributed by atoms with E-state index < -0.39 is 24.4 Å². The summed E-state index contributed by atoms with van der Waals surface area (Å²) in [5.41, 5.74) is -0.846. The molecule has 3 aromatic rings. The van der Waals surface area contributed by atoms with Crippen molar-refractivity contribution in [2.24, 2.45) is 0 Å². The summed E-state index contributed by atoms with van der Waals surface area (Å²) >= 11 is 6.56. The minimum atomic E-state index is -2.28. The molecule has 0 aliphatic carbocycles. The number of benzene rings is 2. The minimum absolute atomic E-state index is 0.130. The number of carbonyl (C=O) groups is 1. The molecule has 0 unspecified atom stereocenters. The van der Waals surface area contributed by atoms with Gasteiger partial charge in [0.15, 0.2) is 5.82 Å². The van der Waals surface area contributed by atoms with Gasteiger partial charge < -0.3 is 24.7 Å². The molecule has 2 fully saturated rings. The van der Waals surface area contributed by atoms with Crippen molar-refractivity contribution in [3.05, 3.63) is 53.6 Å². The molecule has 0 saturated carbocycles. The summed E-state index contributed by atoms with van der Waals surface area (Å²) < 4.78 is 54.3. The Morgan fingerprint density at radius 3 is 2.62 bits per heavy atom. The topological polar surface area (TPSA) is 76.0 Å². The number of anilines is 2. The number of hydrogen-bond acceptors (Lipinski definition) is 7. The van der Waals surface area contributed by atoms with Gasteiger partial charge in [-0.05, 0) is 52.1 Å². The van der Waals surface area contributed by atoms with E-state index in [0.717, 1.165) is 6.07 Å². The number of nitrogens with zero attached hydrogens (tertiary/aromatic N) is 6. The standard InChI is InChI=1S/C28H31ClF2N6O2/c1-6-22(39)36-11-16(3)37(12-15(36)2)27-18-10-19(29)23(24-20(30)8-7-9-21(24)38)25(31)26(18)32-28(33-27)35-13-17(14-35)34(4)5/h6-10,15-17,38H,1,11-14H2,2-5H3/t15-,16+/m1/s1/i4D3. The van der Waals surface area contributed by atoms with Crippen LogP contribution in [-0.4, -0.2) is 89.1 Å². The van der Waals surface area contributed by atoms with Crippen molar-refractivity contribution < 1.29 is 22.8 Å². The SMILES string of the molecule is [2H]C([2H])([2H])N(C)C1CN(c2nc(N3C[C@@H](C)N(C(=O)C=C)C[C@@H]3C)c3cc(Cl)c(-c4c(O)cccc4F)c(F)c3n2)C1. The summed E-state index contributed by atoms with van der Waals surface area (Å²) in [7, 11) is 1.52. The number of piperazine rings is 1. The third-order valence-corrected chi connectivity index (χ3v) is 7.80. The second-order valence-corrected chi connectivity index (χ2v) is 10.5. The van der Waals surface area contributed by atoms with Crippen molar-refractivity contribution >= 4 is 40.2 Å². The average Bonchev–Trinajstić information content (AvgIpc) is 2.89. The minimum Gasteiger partial charge on any atom is -0.507 e. The fourth-order valence-electron chi connectivity index (χ4n) is 5.23. The Bertz CT molecular complexity index is 1550. The van der Waals surface area contributed by atoms with Crippen LogP contribution in [0.1, 0.15) is 18.0 Å². The van der Waals surface area contributed by atoms with E-state index in [1.54, 1.807) is 9.80 Å². The molecule has 39 heavy (non-hydrogen) atoms. The molecule has 0 spiro atoms. The smallest absolute Gasteiger partial charge is 0.246 e. The molecule has 8 nitrogen and oxygen atoms in total. The molecule has 2 aromatic carbocycles. The lowest BCUT2D eigenvalue weighted by atomic mass is 10.00. The van der Waals surface area contributed by atoms with Crippen LogP contribution in [0, 0.1) is 11.6 Å². The zero-order valence-electron chi connectivity index (χ0n) is 24.8. The molecule has 2 atom stereocenters. The van der Waals surface area contributed by atoms with E-state index in [4.69, 9.17) is 20.7 Å². The first-order chi connectivity index (χ1) is 19.7.